The van der Waals surface area contributed by atoms with E-state index in [4.69, 9.17) is 11.5 Å². The van der Waals surface area contributed by atoms with Gasteiger partial charge in [-0.2, -0.15) is 4.99 Å². The van der Waals surface area contributed by atoms with Gasteiger partial charge >= 0.3 is 0 Å². The summed E-state index contributed by atoms with van der Waals surface area (Å²) in [6.07, 6.45) is 2.02. The maximum absolute atomic E-state index is 12.6. The smallest absolute Gasteiger partial charge is 0.282 e. The molecule has 1 aromatic heterocycles. The molecule has 0 saturated carbocycles. The standard InChI is InChI=1S/C20H27N5O3S/c1-12-5-6-15(29(28)24-8-7-20(3,4)27)10-16(12)14-9-17(18(22)23-11-14)19(26)25-13(2)21/h5-6,9-11,24,27H,7-8H2,1-4H3,(H2,22,23)(H2,21,25,26). The molecule has 2 rings (SSSR count). The van der Waals surface area contributed by atoms with E-state index in [2.05, 4.69) is 14.7 Å². The van der Waals surface area contributed by atoms with E-state index in [1.54, 1.807) is 38.2 Å². The quantitative estimate of drug-likeness (QED) is 0.400. The Morgan fingerprint density at radius 2 is 2.03 bits per heavy atom. The molecule has 0 aliphatic carbocycles. The Hall–Kier alpha value is -2.62. The van der Waals surface area contributed by atoms with Crippen LogP contribution in [0.3, 0.4) is 0 Å². The summed E-state index contributed by atoms with van der Waals surface area (Å²) in [6, 6.07) is 7.00. The van der Waals surface area contributed by atoms with E-state index < -0.39 is 22.5 Å². The number of hydrogen-bond acceptors (Lipinski definition) is 5. The van der Waals surface area contributed by atoms with Gasteiger partial charge in [0.1, 0.15) is 22.6 Å². The molecule has 0 spiro atoms. The van der Waals surface area contributed by atoms with Gasteiger partial charge in [0.05, 0.1) is 16.1 Å². The number of aliphatic hydroxyl groups is 1. The lowest BCUT2D eigenvalue weighted by atomic mass is 10.0. The van der Waals surface area contributed by atoms with Crippen LogP contribution in [0.2, 0.25) is 0 Å². The normalized spacial score (nSPS) is 13.3. The number of aromatic nitrogens is 1. The monoisotopic (exact) mass is 417 g/mol. The first kappa shape index (κ1) is 22.7. The molecule has 1 heterocycles. The number of nitrogens with one attached hydrogen (secondary N) is 1. The van der Waals surface area contributed by atoms with E-state index in [0.29, 0.717) is 23.4 Å². The molecule has 0 aliphatic heterocycles. The highest BCUT2D eigenvalue weighted by atomic mass is 32.2. The van der Waals surface area contributed by atoms with Crippen molar-refractivity contribution in [2.75, 3.05) is 12.3 Å². The van der Waals surface area contributed by atoms with E-state index >= 15 is 0 Å². The van der Waals surface area contributed by atoms with Crippen LogP contribution < -0.4 is 16.2 Å². The Kier molecular flexibility index (Phi) is 7.23. The van der Waals surface area contributed by atoms with Crippen molar-refractivity contribution < 1.29 is 14.1 Å². The third kappa shape index (κ3) is 6.45. The van der Waals surface area contributed by atoms with Gasteiger partial charge in [-0.05, 0) is 63.4 Å². The van der Waals surface area contributed by atoms with E-state index in [-0.39, 0.29) is 17.2 Å². The first-order valence-electron chi connectivity index (χ1n) is 9.07. The van der Waals surface area contributed by atoms with Crippen LogP contribution in [0.1, 0.15) is 43.1 Å². The summed E-state index contributed by atoms with van der Waals surface area (Å²) in [7, 11) is -1.45. The number of pyridine rings is 1. The summed E-state index contributed by atoms with van der Waals surface area (Å²) < 4.78 is 15.5. The van der Waals surface area contributed by atoms with Gasteiger partial charge in [-0.3, -0.25) is 4.79 Å². The second kappa shape index (κ2) is 9.25. The lowest BCUT2D eigenvalue weighted by molar-refractivity contribution is 0.0728. The second-order valence-corrected chi connectivity index (χ2v) is 8.71. The summed E-state index contributed by atoms with van der Waals surface area (Å²) in [6.45, 7) is 7.22. The second-order valence-electron chi connectivity index (χ2n) is 7.42. The fraction of sp³-hybridized carbons (Fsp3) is 0.350. The topological polar surface area (TPSA) is 144 Å². The summed E-state index contributed by atoms with van der Waals surface area (Å²) in [5.74, 6) is -0.373. The number of hydrogen-bond donors (Lipinski definition) is 4. The van der Waals surface area contributed by atoms with Crippen LogP contribution in [0, 0.1) is 6.92 Å². The van der Waals surface area contributed by atoms with Crippen LogP contribution in [-0.4, -0.2) is 38.2 Å². The number of aliphatic imine (C=N–C) groups is 1. The minimum atomic E-state index is -1.45. The number of aryl methyl sites for hydroxylation is 1. The molecule has 2 aromatic rings. The van der Waals surface area contributed by atoms with E-state index in [1.165, 1.54) is 6.92 Å². The predicted octanol–water partition coefficient (Wildman–Crippen LogP) is 1.93. The minimum absolute atomic E-state index is 0.0643. The molecule has 156 valence electrons. The van der Waals surface area contributed by atoms with Crippen LogP contribution in [0.5, 0.6) is 0 Å². The number of rotatable bonds is 7. The molecule has 0 bridgehead atoms. The van der Waals surface area contributed by atoms with Crippen molar-refractivity contribution >= 4 is 28.5 Å². The Labute approximate surface area is 173 Å². The zero-order chi connectivity index (χ0) is 21.8. The van der Waals surface area contributed by atoms with Crippen molar-refractivity contribution in [1.82, 2.24) is 9.71 Å². The maximum atomic E-state index is 12.6. The highest BCUT2D eigenvalue weighted by Gasteiger charge is 2.16. The summed E-state index contributed by atoms with van der Waals surface area (Å²) in [5.41, 5.74) is 13.0. The van der Waals surface area contributed by atoms with Gasteiger partial charge in [-0.25, -0.2) is 13.9 Å². The molecule has 6 N–H and O–H groups in total. The fourth-order valence-corrected chi connectivity index (χ4v) is 3.45. The van der Waals surface area contributed by atoms with Crippen molar-refractivity contribution in [1.29, 1.82) is 0 Å². The molecule has 1 atom stereocenters. The third-order valence-electron chi connectivity index (χ3n) is 4.13. The van der Waals surface area contributed by atoms with Gasteiger partial charge in [0, 0.05) is 18.3 Å². The van der Waals surface area contributed by atoms with Gasteiger partial charge in [0.2, 0.25) is 0 Å². The van der Waals surface area contributed by atoms with Gasteiger partial charge < -0.3 is 16.6 Å². The molecule has 9 heteroatoms. The van der Waals surface area contributed by atoms with Crippen molar-refractivity contribution in [2.24, 2.45) is 10.7 Å². The lowest BCUT2D eigenvalue weighted by Crippen LogP contribution is -2.27. The minimum Gasteiger partial charge on any atom is -0.390 e. The predicted molar refractivity (Wildman–Crippen MR) is 116 cm³/mol. The molecule has 1 aromatic carbocycles. The number of amides is 1. The van der Waals surface area contributed by atoms with Crippen molar-refractivity contribution in [3.63, 3.8) is 0 Å². The molecular formula is C20H27N5O3S. The first-order chi connectivity index (χ1) is 13.5. The Bertz CT molecular complexity index is 963. The first-order valence-corrected chi connectivity index (χ1v) is 10.2. The number of amidine groups is 1. The van der Waals surface area contributed by atoms with Gasteiger partial charge in [-0.1, -0.05) is 6.07 Å². The molecular weight excluding hydrogens is 390 g/mol. The Morgan fingerprint density at radius 1 is 1.34 bits per heavy atom. The van der Waals surface area contributed by atoms with E-state index in [0.717, 1.165) is 11.1 Å². The van der Waals surface area contributed by atoms with Crippen LogP contribution in [-0.2, 0) is 11.0 Å². The van der Waals surface area contributed by atoms with Crippen LogP contribution in [0.4, 0.5) is 5.82 Å². The van der Waals surface area contributed by atoms with Crippen LogP contribution in [0.15, 0.2) is 40.4 Å². The van der Waals surface area contributed by atoms with Gasteiger partial charge in [-0.15, -0.1) is 0 Å². The number of carbonyl (C=O) groups is 1. The molecule has 1 amide bonds. The fourth-order valence-electron chi connectivity index (χ4n) is 2.57. The highest BCUT2D eigenvalue weighted by Crippen LogP contribution is 2.27. The molecule has 0 radical (unpaired) electrons. The van der Waals surface area contributed by atoms with Gasteiger partial charge in [0.15, 0.2) is 0 Å². The zero-order valence-electron chi connectivity index (χ0n) is 17.0. The van der Waals surface area contributed by atoms with Crippen molar-refractivity contribution in [3.05, 3.63) is 41.6 Å². The number of nitrogens with two attached hydrogens (primary N) is 2. The number of carbonyl (C=O) groups excluding carboxylic acids is 1. The lowest BCUT2D eigenvalue weighted by Gasteiger charge is -2.17. The van der Waals surface area contributed by atoms with Crippen molar-refractivity contribution in [3.8, 4) is 11.1 Å². The number of nitrogen functional groups attached to an aromatic ring is 1. The largest absolute Gasteiger partial charge is 0.390 e. The maximum Gasteiger partial charge on any atom is 0.282 e. The van der Waals surface area contributed by atoms with Crippen molar-refractivity contribution in [2.45, 2.75) is 44.6 Å². The zero-order valence-corrected chi connectivity index (χ0v) is 17.8. The van der Waals surface area contributed by atoms with Crippen LogP contribution in [0.25, 0.3) is 11.1 Å². The van der Waals surface area contributed by atoms with Crippen LogP contribution >= 0.6 is 0 Å². The van der Waals surface area contributed by atoms with Gasteiger partial charge in [0.25, 0.3) is 5.91 Å². The average molecular weight is 418 g/mol. The molecule has 0 aliphatic rings. The molecule has 29 heavy (non-hydrogen) atoms. The summed E-state index contributed by atoms with van der Waals surface area (Å²) >= 11 is 0. The number of anilines is 1. The highest BCUT2D eigenvalue weighted by molar-refractivity contribution is 7.83. The Balaban J connectivity index is 2.33. The molecule has 1 unspecified atom stereocenters. The van der Waals surface area contributed by atoms with E-state index in [9.17, 15) is 14.1 Å². The van der Waals surface area contributed by atoms with E-state index in [1.807, 2.05) is 13.0 Å². The SMILES string of the molecule is CC(N)=NC(=O)c1cc(-c2cc(S(=O)NCCC(C)(C)O)ccc2C)cnc1N. The molecule has 0 fully saturated rings. The number of nitrogens with zero attached hydrogens (tertiary/aromatic N) is 2. The number of benzene rings is 1. The Morgan fingerprint density at radius 3 is 2.66 bits per heavy atom. The molecule has 8 nitrogen and oxygen atoms in total. The summed E-state index contributed by atoms with van der Waals surface area (Å²) in [4.78, 5) is 20.6. The molecule has 0 saturated heterocycles. The third-order valence-corrected chi connectivity index (χ3v) is 5.28. The average Bonchev–Trinajstić information content (AvgIpc) is 2.61. The summed E-state index contributed by atoms with van der Waals surface area (Å²) in [5, 5.41) is 9.78.